The Labute approximate surface area is 116 Å². The van der Waals surface area contributed by atoms with Gasteiger partial charge in [-0.3, -0.25) is 0 Å². The van der Waals surface area contributed by atoms with Gasteiger partial charge < -0.3 is 5.73 Å². The SMILES string of the molecule is Cc1cc(C(N)c2ccc(F)cc2C)c(Cl)cc1F. The van der Waals surface area contributed by atoms with Gasteiger partial charge in [0.25, 0.3) is 0 Å². The van der Waals surface area contributed by atoms with Crippen molar-refractivity contribution < 1.29 is 8.78 Å². The summed E-state index contributed by atoms with van der Waals surface area (Å²) in [7, 11) is 0. The summed E-state index contributed by atoms with van der Waals surface area (Å²) in [6, 6.07) is 6.78. The Bertz CT molecular complexity index is 626. The van der Waals surface area contributed by atoms with Crippen LogP contribution in [-0.2, 0) is 0 Å². The molecular formula is C15H14ClF2N. The van der Waals surface area contributed by atoms with Crippen molar-refractivity contribution in [1.29, 1.82) is 0 Å². The number of rotatable bonds is 2. The van der Waals surface area contributed by atoms with Crippen molar-refractivity contribution in [3.8, 4) is 0 Å². The van der Waals surface area contributed by atoms with Crippen molar-refractivity contribution in [1.82, 2.24) is 0 Å². The van der Waals surface area contributed by atoms with Crippen molar-refractivity contribution in [2.75, 3.05) is 0 Å². The molecule has 0 aromatic heterocycles. The third-order valence-electron chi connectivity index (χ3n) is 3.18. The highest BCUT2D eigenvalue weighted by molar-refractivity contribution is 6.31. The largest absolute Gasteiger partial charge is 0.320 e. The van der Waals surface area contributed by atoms with Crippen molar-refractivity contribution in [2.24, 2.45) is 5.73 Å². The molecule has 19 heavy (non-hydrogen) atoms. The average molecular weight is 282 g/mol. The lowest BCUT2D eigenvalue weighted by Crippen LogP contribution is -2.14. The van der Waals surface area contributed by atoms with Crippen LogP contribution < -0.4 is 5.73 Å². The second kappa shape index (κ2) is 5.27. The van der Waals surface area contributed by atoms with E-state index in [-0.39, 0.29) is 16.7 Å². The van der Waals surface area contributed by atoms with Gasteiger partial charge in [0.1, 0.15) is 11.6 Å². The van der Waals surface area contributed by atoms with E-state index in [0.717, 1.165) is 11.1 Å². The van der Waals surface area contributed by atoms with Gasteiger partial charge in [0, 0.05) is 5.02 Å². The Morgan fingerprint density at radius 1 is 1.00 bits per heavy atom. The maximum absolute atomic E-state index is 13.4. The Morgan fingerprint density at radius 3 is 2.32 bits per heavy atom. The maximum atomic E-state index is 13.4. The lowest BCUT2D eigenvalue weighted by Gasteiger charge is -2.17. The van der Waals surface area contributed by atoms with Crippen LogP contribution in [0, 0.1) is 25.5 Å². The highest BCUT2D eigenvalue weighted by Crippen LogP contribution is 2.30. The molecule has 1 atom stereocenters. The minimum absolute atomic E-state index is 0.277. The first-order chi connectivity index (χ1) is 8.90. The predicted octanol–water partition coefficient (Wildman–Crippen LogP) is 4.28. The molecule has 2 rings (SSSR count). The number of benzene rings is 2. The molecule has 0 saturated heterocycles. The van der Waals surface area contributed by atoms with Gasteiger partial charge in [-0.05, 0) is 60.4 Å². The van der Waals surface area contributed by atoms with Crippen LogP contribution in [0.25, 0.3) is 0 Å². The van der Waals surface area contributed by atoms with Crippen molar-refractivity contribution in [3.63, 3.8) is 0 Å². The molecule has 0 saturated carbocycles. The molecule has 2 aromatic carbocycles. The van der Waals surface area contributed by atoms with Gasteiger partial charge in [-0.25, -0.2) is 8.78 Å². The molecule has 0 fully saturated rings. The number of halogens is 3. The molecule has 2 N–H and O–H groups in total. The van der Waals surface area contributed by atoms with Crippen molar-refractivity contribution in [2.45, 2.75) is 19.9 Å². The summed E-state index contributed by atoms with van der Waals surface area (Å²) in [5.41, 5.74) is 8.79. The highest BCUT2D eigenvalue weighted by atomic mass is 35.5. The predicted molar refractivity (Wildman–Crippen MR) is 73.3 cm³/mol. The van der Waals surface area contributed by atoms with Crippen LogP contribution in [0.2, 0.25) is 5.02 Å². The van der Waals surface area contributed by atoms with Gasteiger partial charge in [-0.2, -0.15) is 0 Å². The summed E-state index contributed by atoms with van der Waals surface area (Å²) in [4.78, 5) is 0. The molecule has 0 aliphatic carbocycles. The van der Waals surface area contributed by atoms with Crippen LogP contribution >= 0.6 is 11.6 Å². The maximum Gasteiger partial charge on any atom is 0.127 e. The van der Waals surface area contributed by atoms with E-state index in [1.54, 1.807) is 26.0 Å². The molecule has 1 nitrogen and oxygen atoms in total. The molecule has 0 aliphatic rings. The Hall–Kier alpha value is -1.45. The van der Waals surface area contributed by atoms with Crippen molar-refractivity contribution >= 4 is 11.6 Å². The topological polar surface area (TPSA) is 26.0 Å². The summed E-state index contributed by atoms with van der Waals surface area (Å²) in [5, 5.41) is 0.277. The van der Waals surface area contributed by atoms with Crippen LogP contribution in [0.5, 0.6) is 0 Å². The lowest BCUT2D eigenvalue weighted by atomic mass is 9.94. The first-order valence-corrected chi connectivity index (χ1v) is 6.25. The summed E-state index contributed by atoms with van der Waals surface area (Å²) in [6.07, 6.45) is 0. The third kappa shape index (κ3) is 2.77. The van der Waals surface area contributed by atoms with Gasteiger partial charge in [-0.1, -0.05) is 17.7 Å². The monoisotopic (exact) mass is 281 g/mol. The smallest absolute Gasteiger partial charge is 0.127 e. The van der Waals surface area contributed by atoms with E-state index >= 15 is 0 Å². The minimum atomic E-state index is -0.507. The molecular weight excluding hydrogens is 268 g/mol. The standard InChI is InChI=1S/C15H14ClF2N/c1-8-5-10(17)3-4-11(8)15(19)12-6-9(2)14(18)7-13(12)16/h3-7,15H,19H2,1-2H3. The number of nitrogens with two attached hydrogens (primary N) is 1. The van der Waals surface area contributed by atoms with Gasteiger partial charge >= 0.3 is 0 Å². The second-order valence-corrected chi connectivity index (χ2v) is 5.01. The molecule has 2 aromatic rings. The molecule has 4 heteroatoms. The highest BCUT2D eigenvalue weighted by Gasteiger charge is 2.16. The molecule has 0 radical (unpaired) electrons. The fourth-order valence-electron chi connectivity index (χ4n) is 2.07. The Morgan fingerprint density at radius 2 is 1.68 bits per heavy atom. The molecule has 0 amide bonds. The van der Waals surface area contributed by atoms with E-state index in [1.165, 1.54) is 18.2 Å². The van der Waals surface area contributed by atoms with E-state index in [4.69, 9.17) is 17.3 Å². The summed E-state index contributed by atoms with van der Waals surface area (Å²) in [5.74, 6) is -0.674. The van der Waals surface area contributed by atoms with E-state index in [2.05, 4.69) is 0 Å². The zero-order valence-corrected chi connectivity index (χ0v) is 11.4. The van der Waals surface area contributed by atoms with E-state index in [9.17, 15) is 8.78 Å². The van der Waals surface area contributed by atoms with Gasteiger partial charge in [0.2, 0.25) is 0 Å². The van der Waals surface area contributed by atoms with Crippen molar-refractivity contribution in [3.05, 3.63) is 69.2 Å². The Balaban J connectivity index is 2.49. The number of aryl methyl sites for hydroxylation is 2. The minimum Gasteiger partial charge on any atom is -0.320 e. The molecule has 0 heterocycles. The van der Waals surface area contributed by atoms with Crippen LogP contribution in [-0.4, -0.2) is 0 Å². The quantitative estimate of drug-likeness (QED) is 0.873. The Kier molecular flexibility index (Phi) is 3.88. The lowest BCUT2D eigenvalue weighted by molar-refractivity contribution is 0.616. The molecule has 0 bridgehead atoms. The average Bonchev–Trinajstić information content (AvgIpc) is 2.33. The van der Waals surface area contributed by atoms with Crippen LogP contribution in [0.1, 0.15) is 28.3 Å². The normalized spacial score (nSPS) is 12.5. The third-order valence-corrected chi connectivity index (χ3v) is 3.51. The zero-order valence-electron chi connectivity index (χ0n) is 10.7. The molecule has 0 aliphatic heterocycles. The van der Waals surface area contributed by atoms with Crippen LogP contribution in [0.15, 0.2) is 30.3 Å². The van der Waals surface area contributed by atoms with Crippen LogP contribution in [0.3, 0.4) is 0 Å². The molecule has 1 unspecified atom stereocenters. The van der Waals surface area contributed by atoms with Gasteiger partial charge in [-0.15, -0.1) is 0 Å². The molecule has 0 spiro atoms. The number of hydrogen-bond donors (Lipinski definition) is 1. The van der Waals surface area contributed by atoms with E-state index in [1.807, 2.05) is 0 Å². The zero-order chi connectivity index (χ0) is 14.2. The summed E-state index contributed by atoms with van der Waals surface area (Å²) >= 11 is 6.04. The van der Waals surface area contributed by atoms with E-state index in [0.29, 0.717) is 11.1 Å². The fraction of sp³-hybridized carbons (Fsp3) is 0.200. The first-order valence-electron chi connectivity index (χ1n) is 5.87. The van der Waals surface area contributed by atoms with Gasteiger partial charge in [0.15, 0.2) is 0 Å². The summed E-state index contributed by atoms with van der Waals surface area (Å²) in [6.45, 7) is 3.43. The fourth-order valence-corrected chi connectivity index (χ4v) is 2.34. The second-order valence-electron chi connectivity index (χ2n) is 4.60. The van der Waals surface area contributed by atoms with E-state index < -0.39 is 6.04 Å². The first kappa shape index (κ1) is 14.0. The van der Waals surface area contributed by atoms with Gasteiger partial charge in [0.05, 0.1) is 6.04 Å². The number of hydrogen-bond acceptors (Lipinski definition) is 1. The summed E-state index contributed by atoms with van der Waals surface area (Å²) < 4.78 is 26.5. The molecule has 100 valence electrons. The van der Waals surface area contributed by atoms with Crippen LogP contribution in [0.4, 0.5) is 8.78 Å².